The maximum atomic E-state index is 15.1. The molecule has 0 saturated heterocycles. The van der Waals surface area contributed by atoms with E-state index in [1.54, 1.807) is 42.5 Å². The van der Waals surface area contributed by atoms with Gasteiger partial charge in [0.1, 0.15) is 17.3 Å². The summed E-state index contributed by atoms with van der Waals surface area (Å²) in [6.45, 7) is 0. The number of hydrogen-bond donors (Lipinski definition) is 1. The molecule has 5 nitrogen and oxygen atoms in total. The Labute approximate surface area is 156 Å². The van der Waals surface area contributed by atoms with Gasteiger partial charge in [-0.2, -0.15) is 5.26 Å². The first-order valence-electron chi connectivity index (χ1n) is 7.39. The number of benzene rings is 2. The summed E-state index contributed by atoms with van der Waals surface area (Å²) in [6.07, 6.45) is 1.41. The van der Waals surface area contributed by atoms with Crippen LogP contribution in [0.15, 0.2) is 54.7 Å². The van der Waals surface area contributed by atoms with E-state index in [1.165, 1.54) is 19.4 Å². The van der Waals surface area contributed by atoms with Gasteiger partial charge in [0, 0.05) is 0 Å². The highest BCUT2D eigenvalue weighted by Crippen LogP contribution is 2.38. The van der Waals surface area contributed by atoms with Crippen molar-refractivity contribution in [1.82, 2.24) is 4.98 Å². The fourth-order valence-electron chi connectivity index (χ4n) is 2.38. The molecule has 0 unspecified atom stereocenters. The highest BCUT2D eigenvalue weighted by molar-refractivity contribution is 5.85. The van der Waals surface area contributed by atoms with Crippen LogP contribution < -0.4 is 15.2 Å². The molecule has 0 amide bonds. The minimum absolute atomic E-state index is 0. The molecule has 132 valence electrons. The molecule has 0 atom stereocenters. The molecule has 3 rings (SSSR count). The maximum Gasteiger partial charge on any atom is 0.177 e. The Hall–Kier alpha value is -3.30. The van der Waals surface area contributed by atoms with Gasteiger partial charge in [0.25, 0.3) is 0 Å². The SMILES string of the molecule is COc1ccc(Oc2ccc(N)nc2)c(F)c1-c1cccc(C#N)c1.Cl. The lowest BCUT2D eigenvalue weighted by molar-refractivity contribution is 0.404. The lowest BCUT2D eigenvalue weighted by atomic mass is 10.0. The van der Waals surface area contributed by atoms with Crippen molar-refractivity contribution in [2.45, 2.75) is 0 Å². The van der Waals surface area contributed by atoms with Gasteiger partial charge in [0.15, 0.2) is 11.6 Å². The number of rotatable bonds is 4. The third-order valence-electron chi connectivity index (χ3n) is 3.56. The van der Waals surface area contributed by atoms with Gasteiger partial charge in [-0.15, -0.1) is 12.4 Å². The van der Waals surface area contributed by atoms with Crippen molar-refractivity contribution in [3.63, 3.8) is 0 Å². The average Bonchev–Trinajstić information content (AvgIpc) is 2.65. The van der Waals surface area contributed by atoms with Crippen LogP contribution in [0.1, 0.15) is 5.56 Å². The zero-order valence-corrected chi connectivity index (χ0v) is 14.6. The van der Waals surface area contributed by atoms with E-state index < -0.39 is 5.82 Å². The van der Waals surface area contributed by atoms with Crippen LogP contribution in [0.4, 0.5) is 10.2 Å². The number of ether oxygens (including phenoxy) is 2. The number of anilines is 1. The van der Waals surface area contributed by atoms with Crippen molar-refractivity contribution in [2.24, 2.45) is 0 Å². The first-order valence-corrected chi connectivity index (χ1v) is 7.39. The number of hydrogen-bond acceptors (Lipinski definition) is 5. The monoisotopic (exact) mass is 371 g/mol. The predicted molar refractivity (Wildman–Crippen MR) is 99.1 cm³/mol. The molecule has 2 aromatic carbocycles. The van der Waals surface area contributed by atoms with E-state index in [0.29, 0.717) is 28.4 Å². The number of methoxy groups -OCH3 is 1. The summed E-state index contributed by atoms with van der Waals surface area (Å²) in [5.74, 6) is 0.470. The maximum absolute atomic E-state index is 15.1. The number of nitrogens with zero attached hydrogens (tertiary/aromatic N) is 2. The van der Waals surface area contributed by atoms with Crippen LogP contribution in [0.2, 0.25) is 0 Å². The summed E-state index contributed by atoms with van der Waals surface area (Å²) in [6, 6.07) is 14.9. The Bertz CT molecular complexity index is 956. The molecule has 0 aliphatic heterocycles. The van der Waals surface area contributed by atoms with Gasteiger partial charge >= 0.3 is 0 Å². The third-order valence-corrected chi connectivity index (χ3v) is 3.56. The molecule has 0 aliphatic rings. The van der Waals surface area contributed by atoms with Gasteiger partial charge < -0.3 is 15.2 Å². The summed E-state index contributed by atoms with van der Waals surface area (Å²) in [7, 11) is 1.46. The van der Waals surface area contributed by atoms with E-state index in [1.807, 2.05) is 6.07 Å². The van der Waals surface area contributed by atoms with Crippen LogP contribution in [0.5, 0.6) is 17.2 Å². The Kier molecular flexibility index (Phi) is 5.99. The van der Waals surface area contributed by atoms with E-state index in [4.69, 9.17) is 20.5 Å². The fraction of sp³-hybridized carbons (Fsp3) is 0.0526. The Morgan fingerprint density at radius 2 is 1.88 bits per heavy atom. The molecule has 2 N–H and O–H groups in total. The van der Waals surface area contributed by atoms with Gasteiger partial charge in [-0.1, -0.05) is 12.1 Å². The van der Waals surface area contributed by atoms with Gasteiger partial charge in [0.2, 0.25) is 0 Å². The van der Waals surface area contributed by atoms with Crippen LogP contribution >= 0.6 is 12.4 Å². The molecule has 0 bridgehead atoms. The van der Waals surface area contributed by atoms with Crippen LogP contribution in [-0.2, 0) is 0 Å². The lowest BCUT2D eigenvalue weighted by Gasteiger charge is -2.14. The minimum Gasteiger partial charge on any atom is -0.496 e. The van der Waals surface area contributed by atoms with Gasteiger partial charge in [-0.25, -0.2) is 9.37 Å². The van der Waals surface area contributed by atoms with Crippen molar-refractivity contribution < 1.29 is 13.9 Å². The predicted octanol–water partition coefficient (Wildman–Crippen LogP) is 4.56. The van der Waals surface area contributed by atoms with E-state index in [9.17, 15) is 0 Å². The zero-order chi connectivity index (χ0) is 17.8. The van der Waals surface area contributed by atoms with Crippen LogP contribution in [0.3, 0.4) is 0 Å². The van der Waals surface area contributed by atoms with Crippen molar-refractivity contribution in [1.29, 1.82) is 5.26 Å². The molecule has 0 fully saturated rings. The third kappa shape index (κ3) is 3.85. The van der Waals surface area contributed by atoms with Crippen LogP contribution in [-0.4, -0.2) is 12.1 Å². The van der Waals surface area contributed by atoms with Crippen molar-refractivity contribution in [2.75, 3.05) is 12.8 Å². The van der Waals surface area contributed by atoms with Crippen molar-refractivity contribution >= 4 is 18.2 Å². The Balaban J connectivity index is 0.00000243. The molecule has 7 heteroatoms. The first-order chi connectivity index (χ1) is 12.1. The van der Waals surface area contributed by atoms with Crippen molar-refractivity contribution in [3.8, 4) is 34.4 Å². The normalized spacial score (nSPS) is 9.73. The lowest BCUT2D eigenvalue weighted by Crippen LogP contribution is -1.97. The molecular formula is C19H15ClFN3O2. The molecular weight excluding hydrogens is 357 g/mol. The average molecular weight is 372 g/mol. The van der Waals surface area contributed by atoms with E-state index in [-0.39, 0.29) is 23.7 Å². The summed E-state index contributed by atoms with van der Waals surface area (Å²) >= 11 is 0. The number of nitriles is 1. The molecule has 26 heavy (non-hydrogen) atoms. The first kappa shape index (κ1) is 19.0. The van der Waals surface area contributed by atoms with Crippen LogP contribution in [0, 0.1) is 17.1 Å². The van der Waals surface area contributed by atoms with Gasteiger partial charge in [0.05, 0.1) is 30.5 Å². The largest absolute Gasteiger partial charge is 0.496 e. The highest BCUT2D eigenvalue weighted by Gasteiger charge is 2.18. The number of aromatic nitrogens is 1. The molecule has 0 spiro atoms. The molecule has 0 saturated carbocycles. The smallest absolute Gasteiger partial charge is 0.177 e. The van der Waals surface area contributed by atoms with Gasteiger partial charge in [-0.05, 0) is 42.0 Å². The second-order valence-electron chi connectivity index (χ2n) is 5.17. The summed E-state index contributed by atoms with van der Waals surface area (Å²) in [5, 5.41) is 9.06. The molecule has 0 aliphatic carbocycles. The number of nitrogens with two attached hydrogens (primary N) is 1. The Morgan fingerprint density at radius 1 is 1.12 bits per heavy atom. The molecule has 3 aromatic rings. The Morgan fingerprint density at radius 3 is 2.54 bits per heavy atom. The summed E-state index contributed by atoms with van der Waals surface area (Å²) in [4.78, 5) is 3.91. The molecule has 0 radical (unpaired) electrons. The minimum atomic E-state index is -0.591. The van der Waals surface area contributed by atoms with E-state index >= 15 is 4.39 Å². The zero-order valence-electron chi connectivity index (χ0n) is 13.8. The molecule has 1 aromatic heterocycles. The second-order valence-corrected chi connectivity index (χ2v) is 5.17. The summed E-state index contributed by atoms with van der Waals surface area (Å²) < 4.78 is 25.9. The topological polar surface area (TPSA) is 81.2 Å². The van der Waals surface area contributed by atoms with Crippen LogP contribution in [0.25, 0.3) is 11.1 Å². The van der Waals surface area contributed by atoms with E-state index in [2.05, 4.69) is 4.98 Å². The number of halogens is 2. The van der Waals surface area contributed by atoms with E-state index in [0.717, 1.165) is 0 Å². The fourth-order valence-corrected chi connectivity index (χ4v) is 2.38. The standard InChI is InChI=1S/C19H14FN3O2.ClH/c1-24-15-6-7-16(25-14-5-8-17(22)23-11-14)19(20)18(15)13-4-2-3-12(9-13)10-21;/h2-9,11H,1H3,(H2,22,23);1H. The number of nitrogen functional groups attached to an aromatic ring is 1. The summed E-state index contributed by atoms with van der Waals surface area (Å²) in [5.41, 5.74) is 6.70. The highest BCUT2D eigenvalue weighted by atomic mass is 35.5. The molecule has 1 heterocycles. The quantitative estimate of drug-likeness (QED) is 0.726. The van der Waals surface area contributed by atoms with Gasteiger partial charge in [-0.3, -0.25) is 0 Å². The second kappa shape index (κ2) is 8.19. The number of pyridine rings is 1. The van der Waals surface area contributed by atoms with Crippen molar-refractivity contribution in [3.05, 3.63) is 66.1 Å².